The van der Waals surface area contributed by atoms with Crippen molar-refractivity contribution in [3.63, 3.8) is 0 Å². The number of nitrogens with one attached hydrogen (secondary N) is 2. The maximum Gasteiger partial charge on any atom is 0.416 e. The maximum atomic E-state index is 12.9. The van der Waals surface area contributed by atoms with E-state index in [9.17, 15) is 35.9 Å². The summed E-state index contributed by atoms with van der Waals surface area (Å²) < 4.78 is 77.6. The van der Waals surface area contributed by atoms with Crippen LogP contribution in [0.2, 0.25) is 0 Å². The van der Waals surface area contributed by atoms with Gasteiger partial charge < -0.3 is 5.32 Å². The van der Waals surface area contributed by atoms with Gasteiger partial charge in [0, 0.05) is 16.6 Å². The quantitative estimate of drug-likeness (QED) is 0.473. The molecule has 168 valence electrons. The van der Waals surface area contributed by atoms with E-state index in [1.165, 1.54) is 5.38 Å². The van der Waals surface area contributed by atoms with Crippen LogP contribution in [0.4, 0.5) is 37.2 Å². The fourth-order valence-electron chi connectivity index (χ4n) is 2.60. The molecule has 3 aromatic rings. The summed E-state index contributed by atoms with van der Waals surface area (Å²) in [6, 6.07) is 9.05. The van der Waals surface area contributed by atoms with E-state index in [4.69, 9.17) is 0 Å². The van der Waals surface area contributed by atoms with E-state index in [0.717, 1.165) is 11.3 Å². The molecule has 0 atom stereocenters. The molecular formula is C20H13F6N3O2S. The Morgan fingerprint density at radius 1 is 0.875 bits per heavy atom. The van der Waals surface area contributed by atoms with E-state index in [1.54, 1.807) is 30.3 Å². The maximum absolute atomic E-state index is 12.9. The highest BCUT2D eigenvalue weighted by Crippen LogP contribution is 2.37. The Hall–Kier alpha value is -3.41. The Morgan fingerprint density at radius 3 is 2.03 bits per heavy atom. The predicted octanol–water partition coefficient (Wildman–Crippen LogP) is 5.61. The number of amides is 2. The zero-order valence-electron chi connectivity index (χ0n) is 15.8. The van der Waals surface area contributed by atoms with Gasteiger partial charge in [0.1, 0.15) is 0 Å². The Bertz CT molecular complexity index is 1090. The van der Waals surface area contributed by atoms with Crippen molar-refractivity contribution in [1.82, 2.24) is 4.98 Å². The molecule has 0 saturated carbocycles. The number of rotatable bonds is 5. The van der Waals surface area contributed by atoms with Crippen LogP contribution in [0.15, 0.2) is 53.9 Å². The van der Waals surface area contributed by atoms with Crippen molar-refractivity contribution in [2.75, 3.05) is 10.6 Å². The van der Waals surface area contributed by atoms with Gasteiger partial charge in [0.2, 0.25) is 5.91 Å². The van der Waals surface area contributed by atoms with Gasteiger partial charge in [-0.2, -0.15) is 26.3 Å². The van der Waals surface area contributed by atoms with E-state index in [1.807, 2.05) is 5.32 Å². The minimum absolute atomic E-state index is 0.0300. The smallest absolute Gasteiger partial charge is 0.326 e. The van der Waals surface area contributed by atoms with E-state index < -0.39 is 47.4 Å². The minimum Gasteiger partial charge on any atom is -0.326 e. The summed E-state index contributed by atoms with van der Waals surface area (Å²) in [7, 11) is 0. The second-order valence-corrected chi connectivity index (χ2v) is 7.34. The number of halogens is 6. The summed E-state index contributed by atoms with van der Waals surface area (Å²) >= 11 is 1.01. The largest absolute Gasteiger partial charge is 0.416 e. The highest BCUT2D eigenvalue weighted by atomic mass is 32.1. The highest BCUT2D eigenvalue weighted by Gasteiger charge is 2.37. The molecule has 2 aromatic carbocycles. The average Bonchev–Trinajstić information content (AvgIpc) is 3.13. The number of hydrogen-bond acceptors (Lipinski definition) is 4. The van der Waals surface area contributed by atoms with Gasteiger partial charge in [-0.25, -0.2) is 4.98 Å². The van der Waals surface area contributed by atoms with Crippen LogP contribution in [0.25, 0.3) is 0 Å². The summed E-state index contributed by atoms with van der Waals surface area (Å²) in [4.78, 5) is 28.3. The number of carbonyl (C=O) groups is 2. The van der Waals surface area contributed by atoms with Crippen molar-refractivity contribution in [2.45, 2.75) is 18.8 Å². The van der Waals surface area contributed by atoms with Gasteiger partial charge in [0.15, 0.2) is 5.13 Å². The first-order valence-electron chi connectivity index (χ1n) is 8.82. The number of anilines is 2. The highest BCUT2D eigenvalue weighted by molar-refractivity contribution is 7.14. The second-order valence-electron chi connectivity index (χ2n) is 6.48. The molecule has 1 heterocycles. The second kappa shape index (κ2) is 8.99. The lowest BCUT2D eigenvalue weighted by molar-refractivity contribution is -0.143. The number of carbonyl (C=O) groups excluding carboxylic acids is 2. The zero-order valence-corrected chi connectivity index (χ0v) is 16.7. The van der Waals surface area contributed by atoms with Gasteiger partial charge in [-0.3, -0.25) is 14.9 Å². The Morgan fingerprint density at radius 2 is 1.47 bits per heavy atom. The molecular weight excluding hydrogens is 460 g/mol. The van der Waals surface area contributed by atoms with Gasteiger partial charge >= 0.3 is 12.4 Å². The van der Waals surface area contributed by atoms with Gasteiger partial charge in [-0.15, -0.1) is 11.3 Å². The molecule has 0 saturated heterocycles. The van der Waals surface area contributed by atoms with E-state index in [2.05, 4.69) is 10.3 Å². The molecule has 0 spiro atoms. The average molecular weight is 473 g/mol. The lowest BCUT2D eigenvalue weighted by Crippen LogP contribution is -2.17. The molecule has 0 aliphatic rings. The molecule has 0 radical (unpaired) electrons. The van der Waals surface area contributed by atoms with Crippen LogP contribution < -0.4 is 10.6 Å². The Balaban J connectivity index is 1.69. The SMILES string of the molecule is O=C(Cc1csc(NC(=O)c2ccccc2)n1)Nc1cc(C(F)(F)F)cc(C(F)(F)F)c1. The zero-order chi connectivity index (χ0) is 23.5. The Labute approximate surface area is 181 Å². The first-order chi connectivity index (χ1) is 14.9. The fourth-order valence-corrected chi connectivity index (χ4v) is 3.31. The third kappa shape index (κ3) is 6.06. The number of hydrogen-bond donors (Lipinski definition) is 2. The first-order valence-corrected chi connectivity index (χ1v) is 9.70. The molecule has 5 nitrogen and oxygen atoms in total. The third-order valence-electron chi connectivity index (χ3n) is 4.02. The molecule has 0 aliphatic carbocycles. The number of thiazole rings is 1. The molecule has 1 aromatic heterocycles. The van der Waals surface area contributed by atoms with Gasteiger partial charge in [-0.1, -0.05) is 18.2 Å². The molecule has 0 bridgehead atoms. The summed E-state index contributed by atoms with van der Waals surface area (Å²) in [5.74, 6) is -1.30. The van der Waals surface area contributed by atoms with Crippen molar-refractivity contribution < 1.29 is 35.9 Å². The van der Waals surface area contributed by atoms with Crippen molar-refractivity contribution in [2.24, 2.45) is 0 Å². The summed E-state index contributed by atoms with van der Waals surface area (Å²) in [6.07, 6.45) is -10.5. The first kappa shape index (κ1) is 23.3. The van der Waals surface area contributed by atoms with Crippen LogP contribution in [0, 0.1) is 0 Å². The minimum atomic E-state index is -5.03. The summed E-state index contributed by atoms with van der Waals surface area (Å²) in [5, 5.41) is 6.18. The molecule has 0 unspecified atom stereocenters. The molecule has 0 fully saturated rings. The molecule has 2 N–H and O–H groups in total. The van der Waals surface area contributed by atoms with E-state index in [-0.39, 0.29) is 16.9 Å². The predicted molar refractivity (Wildman–Crippen MR) is 105 cm³/mol. The van der Waals surface area contributed by atoms with Gasteiger partial charge in [0.25, 0.3) is 5.91 Å². The van der Waals surface area contributed by atoms with Crippen LogP contribution in [-0.2, 0) is 23.6 Å². The van der Waals surface area contributed by atoms with Crippen molar-refractivity contribution in [1.29, 1.82) is 0 Å². The van der Waals surface area contributed by atoms with Crippen molar-refractivity contribution in [3.05, 3.63) is 76.3 Å². The lowest BCUT2D eigenvalue weighted by atomic mass is 10.1. The monoisotopic (exact) mass is 473 g/mol. The number of benzene rings is 2. The van der Waals surface area contributed by atoms with E-state index in [0.29, 0.717) is 17.7 Å². The summed E-state index contributed by atoms with van der Waals surface area (Å²) in [6.45, 7) is 0. The number of nitrogens with zero attached hydrogens (tertiary/aromatic N) is 1. The summed E-state index contributed by atoms with van der Waals surface area (Å²) in [5.41, 5.74) is -3.17. The topological polar surface area (TPSA) is 71.1 Å². The fraction of sp³-hybridized carbons (Fsp3) is 0.150. The third-order valence-corrected chi connectivity index (χ3v) is 4.83. The van der Waals surface area contributed by atoms with Crippen LogP contribution in [0.5, 0.6) is 0 Å². The molecule has 2 amide bonds. The van der Waals surface area contributed by atoms with Crippen LogP contribution in [0.1, 0.15) is 27.2 Å². The molecule has 3 rings (SSSR count). The standard InChI is InChI=1S/C20H13F6N3O2S/c21-19(22,23)12-6-13(20(24,25)26)8-14(7-12)27-16(30)9-15-10-32-18(28-15)29-17(31)11-4-2-1-3-5-11/h1-8,10H,9H2,(H,27,30)(H,28,29,31). The van der Waals surface area contributed by atoms with Crippen LogP contribution in [-0.4, -0.2) is 16.8 Å². The normalized spacial score (nSPS) is 11.8. The van der Waals surface area contributed by atoms with Crippen molar-refractivity contribution >= 4 is 34.0 Å². The van der Waals surface area contributed by atoms with Gasteiger partial charge in [0.05, 0.1) is 23.2 Å². The lowest BCUT2D eigenvalue weighted by Gasteiger charge is -2.14. The van der Waals surface area contributed by atoms with Gasteiger partial charge in [-0.05, 0) is 30.3 Å². The van der Waals surface area contributed by atoms with Crippen molar-refractivity contribution in [3.8, 4) is 0 Å². The molecule has 12 heteroatoms. The van der Waals surface area contributed by atoms with E-state index >= 15 is 0 Å². The van der Waals surface area contributed by atoms with Crippen LogP contribution in [0.3, 0.4) is 0 Å². The molecule has 0 aliphatic heterocycles. The Kier molecular flexibility index (Phi) is 6.53. The van der Waals surface area contributed by atoms with Crippen LogP contribution >= 0.6 is 11.3 Å². The number of alkyl halides is 6. The number of aromatic nitrogens is 1. The molecule has 32 heavy (non-hydrogen) atoms.